The summed E-state index contributed by atoms with van der Waals surface area (Å²) in [6.07, 6.45) is 3.27. The third-order valence-corrected chi connectivity index (χ3v) is 4.87. The molecule has 1 aromatic heterocycles. The van der Waals surface area contributed by atoms with Gasteiger partial charge in [0, 0.05) is 5.39 Å². The summed E-state index contributed by atoms with van der Waals surface area (Å²) in [7, 11) is 0. The molecule has 3 aromatic rings. The van der Waals surface area contributed by atoms with Crippen LogP contribution in [0.1, 0.15) is 35.6 Å². The molecule has 0 aliphatic rings. The van der Waals surface area contributed by atoms with Crippen molar-refractivity contribution in [3.8, 4) is 0 Å². The van der Waals surface area contributed by atoms with Gasteiger partial charge in [-0.3, -0.25) is 0 Å². The van der Waals surface area contributed by atoms with Crippen LogP contribution in [0, 0.1) is 0 Å². The molecule has 0 aliphatic heterocycles. The van der Waals surface area contributed by atoms with Crippen molar-refractivity contribution in [2.24, 2.45) is 0 Å². The quantitative estimate of drug-likeness (QED) is 0.280. The molecule has 0 bridgehead atoms. The first-order chi connectivity index (χ1) is 15.2. The molecule has 31 heavy (non-hydrogen) atoms. The first kappa shape index (κ1) is 22.5. The Morgan fingerprint density at radius 1 is 1.10 bits per heavy atom. The van der Waals surface area contributed by atoms with Gasteiger partial charge in [0.2, 0.25) is 0 Å². The van der Waals surface area contributed by atoms with Gasteiger partial charge >= 0.3 is 5.97 Å². The van der Waals surface area contributed by atoms with Gasteiger partial charge in [-0.05, 0) is 37.1 Å². The lowest BCUT2D eigenvalue weighted by Gasteiger charge is -2.25. The number of carbonyl (C=O) groups excluding carboxylic acids is 1. The molecule has 0 spiro atoms. The molecule has 0 aliphatic carbocycles. The van der Waals surface area contributed by atoms with Gasteiger partial charge in [-0.2, -0.15) is 0 Å². The minimum atomic E-state index is -0.565. The van der Waals surface area contributed by atoms with Gasteiger partial charge in [-0.25, -0.2) is 4.79 Å². The molecule has 0 unspecified atom stereocenters. The monoisotopic (exact) mass is 419 g/mol. The maximum Gasteiger partial charge on any atom is 0.355 e. The van der Waals surface area contributed by atoms with Gasteiger partial charge in [0.25, 0.3) is 0 Å². The van der Waals surface area contributed by atoms with Gasteiger partial charge in [0.05, 0.1) is 31.4 Å². The summed E-state index contributed by atoms with van der Waals surface area (Å²) >= 11 is 0. The number of ether oxygens (including phenoxy) is 3. The first-order valence-electron chi connectivity index (χ1n) is 10.5. The highest BCUT2D eigenvalue weighted by Crippen LogP contribution is 2.27. The molecule has 0 radical (unpaired) electrons. The number of benzene rings is 2. The molecule has 0 fully saturated rings. The number of carbonyl (C=O) groups is 1. The minimum Gasteiger partial charge on any atom is -0.461 e. The number of aromatic nitrogens is 1. The van der Waals surface area contributed by atoms with E-state index in [-0.39, 0.29) is 6.10 Å². The molecule has 162 valence electrons. The minimum absolute atomic E-state index is 0.250. The number of fused-ring (bicyclic) bond motifs is 1. The summed E-state index contributed by atoms with van der Waals surface area (Å²) in [6, 6.07) is 19.6. The van der Waals surface area contributed by atoms with Crippen LogP contribution in [-0.4, -0.2) is 29.9 Å². The predicted molar refractivity (Wildman–Crippen MR) is 123 cm³/mol. The molecule has 1 heterocycles. The molecular weight excluding hydrogens is 390 g/mol. The third kappa shape index (κ3) is 5.72. The lowest BCUT2D eigenvalue weighted by molar-refractivity contribution is -0.0674. The molecule has 0 amide bonds. The summed E-state index contributed by atoms with van der Waals surface area (Å²) in [5, 5.41) is 0.932. The second-order valence-electron chi connectivity index (χ2n) is 7.09. The van der Waals surface area contributed by atoms with Crippen LogP contribution in [0.5, 0.6) is 0 Å². The molecule has 5 nitrogen and oxygen atoms in total. The molecule has 0 N–H and O–H groups in total. The highest BCUT2D eigenvalue weighted by atomic mass is 16.5. The topological polar surface area (TPSA) is 49.7 Å². The fourth-order valence-corrected chi connectivity index (χ4v) is 3.46. The van der Waals surface area contributed by atoms with E-state index in [4.69, 9.17) is 14.2 Å². The van der Waals surface area contributed by atoms with E-state index in [9.17, 15) is 4.79 Å². The Balaban J connectivity index is 1.81. The van der Waals surface area contributed by atoms with E-state index in [0.717, 1.165) is 16.5 Å². The zero-order valence-corrected chi connectivity index (χ0v) is 17.9. The van der Waals surface area contributed by atoms with E-state index in [0.29, 0.717) is 31.9 Å². The van der Waals surface area contributed by atoms with Gasteiger partial charge in [0.15, 0.2) is 6.23 Å². The van der Waals surface area contributed by atoms with E-state index in [1.54, 1.807) is 19.1 Å². The number of para-hydroxylation sites is 1. The predicted octanol–water partition coefficient (Wildman–Crippen LogP) is 5.68. The molecule has 0 saturated heterocycles. The van der Waals surface area contributed by atoms with Crippen LogP contribution in [0.4, 0.5) is 0 Å². The Morgan fingerprint density at radius 2 is 1.84 bits per heavy atom. The SMILES string of the molecule is C=CC[C@@H](COCc1ccccc1)O[C@@H](C=C)n1c(C(=O)OCC)cc2ccccc21. The van der Waals surface area contributed by atoms with Crippen molar-refractivity contribution in [2.45, 2.75) is 32.3 Å². The average Bonchev–Trinajstić information content (AvgIpc) is 3.18. The fourth-order valence-electron chi connectivity index (χ4n) is 3.46. The van der Waals surface area contributed by atoms with Crippen molar-refractivity contribution in [1.29, 1.82) is 0 Å². The van der Waals surface area contributed by atoms with E-state index in [1.807, 2.05) is 65.2 Å². The number of esters is 1. The van der Waals surface area contributed by atoms with Crippen molar-refractivity contribution in [2.75, 3.05) is 13.2 Å². The van der Waals surface area contributed by atoms with E-state index in [2.05, 4.69) is 13.2 Å². The zero-order chi connectivity index (χ0) is 22.1. The van der Waals surface area contributed by atoms with Crippen molar-refractivity contribution in [3.05, 3.63) is 97.2 Å². The summed E-state index contributed by atoms with van der Waals surface area (Å²) in [6.45, 7) is 10.8. The molecule has 2 atom stereocenters. The summed E-state index contributed by atoms with van der Waals surface area (Å²) in [5.41, 5.74) is 2.40. The highest BCUT2D eigenvalue weighted by molar-refractivity contribution is 5.95. The molecular formula is C26H29NO4. The first-order valence-corrected chi connectivity index (χ1v) is 10.5. The van der Waals surface area contributed by atoms with Crippen LogP contribution in [0.25, 0.3) is 10.9 Å². The lowest BCUT2D eigenvalue weighted by atomic mass is 10.2. The second kappa shape index (κ2) is 11.3. The number of rotatable bonds is 12. The average molecular weight is 420 g/mol. The lowest BCUT2D eigenvalue weighted by Crippen LogP contribution is -2.26. The van der Waals surface area contributed by atoms with Gasteiger partial charge in [0.1, 0.15) is 5.69 Å². The van der Waals surface area contributed by atoms with E-state index >= 15 is 0 Å². The Morgan fingerprint density at radius 3 is 2.55 bits per heavy atom. The summed E-state index contributed by atoms with van der Waals surface area (Å²) < 4.78 is 19.3. The normalized spacial score (nSPS) is 12.9. The van der Waals surface area contributed by atoms with Gasteiger partial charge in [-0.1, -0.05) is 61.2 Å². The second-order valence-corrected chi connectivity index (χ2v) is 7.09. The van der Waals surface area contributed by atoms with Crippen LogP contribution in [0.3, 0.4) is 0 Å². The van der Waals surface area contributed by atoms with Crippen LogP contribution in [0.2, 0.25) is 0 Å². The van der Waals surface area contributed by atoms with Crippen LogP contribution in [-0.2, 0) is 20.8 Å². The largest absolute Gasteiger partial charge is 0.461 e. The van der Waals surface area contributed by atoms with Crippen LogP contribution >= 0.6 is 0 Å². The zero-order valence-electron chi connectivity index (χ0n) is 17.9. The van der Waals surface area contributed by atoms with Crippen molar-refractivity contribution in [3.63, 3.8) is 0 Å². The smallest absolute Gasteiger partial charge is 0.355 e. The molecule has 5 heteroatoms. The molecule has 0 saturated carbocycles. The standard InChI is InChI=1S/C26H29NO4/c1-4-12-22(19-29-18-20-13-8-7-9-14-20)31-25(5-2)27-23-16-11-10-15-21(23)17-24(27)26(28)30-6-3/h4-5,7-11,13-17,22,25H,1-2,6,12,18-19H2,3H3/t22-,25-/m0/s1. The van der Waals surface area contributed by atoms with Crippen LogP contribution < -0.4 is 0 Å². The summed E-state index contributed by atoms with van der Waals surface area (Å²) in [5.74, 6) is -0.394. The fraction of sp³-hybridized carbons (Fsp3) is 0.269. The molecule has 3 rings (SSSR count). The van der Waals surface area contributed by atoms with Crippen LogP contribution in [0.15, 0.2) is 86.0 Å². The van der Waals surface area contributed by atoms with E-state index in [1.165, 1.54) is 0 Å². The Labute approximate surface area is 183 Å². The Bertz CT molecular complexity index is 1010. The Kier molecular flexibility index (Phi) is 8.21. The highest BCUT2D eigenvalue weighted by Gasteiger charge is 2.24. The molecule has 2 aromatic carbocycles. The summed E-state index contributed by atoms with van der Waals surface area (Å²) in [4.78, 5) is 12.6. The number of nitrogens with zero attached hydrogens (tertiary/aromatic N) is 1. The number of hydrogen-bond donors (Lipinski definition) is 0. The maximum atomic E-state index is 12.6. The maximum absolute atomic E-state index is 12.6. The van der Waals surface area contributed by atoms with E-state index < -0.39 is 12.2 Å². The third-order valence-electron chi connectivity index (χ3n) is 4.87. The van der Waals surface area contributed by atoms with Crippen molar-refractivity contribution >= 4 is 16.9 Å². The Hall–Kier alpha value is -3.15. The van der Waals surface area contributed by atoms with Crippen molar-refractivity contribution < 1.29 is 19.0 Å². The number of hydrogen-bond acceptors (Lipinski definition) is 4. The van der Waals surface area contributed by atoms with Crippen molar-refractivity contribution in [1.82, 2.24) is 4.57 Å². The van der Waals surface area contributed by atoms with Gasteiger partial charge < -0.3 is 18.8 Å². The van der Waals surface area contributed by atoms with Gasteiger partial charge in [-0.15, -0.1) is 6.58 Å².